The molecule has 1 aliphatic rings. The molecule has 0 bridgehead atoms. The third-order valence-corrected chi connectivity index (χ3v) is 16.3. The Morgan fingerprint density at radius 3 is 1.15 bits per heavy atom. The van der Waals surface area contributed by atoms with Gasteiger partial charge in [0.25, 0.3) is 0 Å². The Kier molecular flexibility index (Phi) is 54.7. The highest BCUT2D eigenvalue weighted by Gasteiger charge is 2.44. The quantitative estimate of drug-likeness (QED) is 0.0215. The number of carbonyl (C=O) groups excluding carboxylic acids is 1. The molecule has 0 aromatic heterocycles. The lowest BCUT2D eigenvalue weighted by atomic mass is 9.98. The average Bonchev–Trinajstić information content (AvgIpc) is 3.48. The van der Waals surface area contributed by atoms with Crippen LogP contribution in [0.2, 0.25) is 0 Å². The van der Waals surface area contributed by atoms with Crippen LogP contribution in [0.4, 0.5) is 0 Å². The molecule has 0 aromatic rings. The Morgan fingerprint density at radius 2 is 0.762 bits per heavy atom. The van der Waals surface area contributed by atoms with Crippen LogP contribution in [0.5, 0.6) is 0 Å². The van der Waals surface area contributed by atoms with Crippen LogP contribution < -0.4 is 5.32 Å². The zero-order valence-corrected chi connectivity index (χ0v) is 51.8. The fourth-order valence-corrected chi connectivity index (χ4v) is 10.8. The zero-order chi connectivity index (χ0) is 58.2. The maximum absolute atomic E-state index is 13.2. The summed E-state index contributed by atoms with van der Waals surface area (Å²) in [6.45, 7) is 3.42. The monoisotopic (exact) mass is 1130 g/mol. The summed E-state index contributed by atoms with van der Waals surface area (Å²) in [5, 5.41) is 76.2. The van der Waals surface area contributed by atoms with Crippen molar-refractivity contribution in [1.82, 2.24) is 5.32 Å². The van der Waals surface area contributed by atoms with E-state index in [0.29, 0.717) is 19.3 Å². The van der Waals surface area contributed by atoms with E-state index in [1.165, 1.54) is 218 Å². The van der Waals surface area contributed by atoms with Gasteiger partial charge in [0, 0.05) is 0 Å². The third-order valence-electron chi connectivity index (χ3n) is 16.3. The van der Waals surface area contributed by atoms with E-state index < -0.39 is 74.2 Å². The maximum atomic E-state index is 13.2. The molecule has 1 rings (SSSR count). The van der Waals surface area contributed by atoms with Crippen molar-refractivity contribution in [2.75, 3.05) is 13.2 Å². The first-order chi connectivity index (χ1) is 39.2. The number of rotatable bonds is 59. The molecule has 1 heterocycles. The summed E-state index contributed by atoms with van der Waals surface area (Å²) in [7, 11) is 0. The van der Waals surface area contributed by atoms with Crippen LogP contribution >= 0.6 is 0 Å². The van der Waals surface area contributed by atoms with Gasteiger partial charge in [-0.05, 0) is 83.5 Å². The van der Waals surface area contributed by atoms with Crippen molar-refractivity contribution >= 4 is 5.91 Å². The summed E-state index contributed by atoms with van der Waals surface area (Å²) >= 11 is 0. The largest absolute Gasteiger partial charge is 0.394 e. The summed E-state index contributed by atoms with van der Waals surface area (Å²) < 4.78 is 11.1. The van der Waals surface area contributed by atoms with Gasteiger partial charge in [-0.2, -0.15) is 0 Å². The van der Waals surface area contributed by atoms with Gasteiger partial charge in [-0.15, -0.1) is 0 Å². The van der Waals surface area contributed by atoms with Crippen molar-refractivity contribution in [1.29, 1.82) is 0 Å². The van der Waals surface area contributed by atoms with E-state index in [0.717, 1.165) is 51.4 Å². The molecule has 1 aliphatic heterocycles. The van der Waals surface area contributed by atoms with Gasteiger partial charge < -0.3 is 50.5 Å². The topological polar surface area (TPSA) is 189 Å². The molecule has 0 saturated carbocycles. The molecule has 1 amide bonds. The predicted octanol–water partition coefficient (Wildman–Crippen LogP) is 16.0. The van der Waals surface area contributed by atoms with Crippen LogP contribution in [0.3, 0.4) is 0 Å². The average molecular weight is 1130 g/mol. The Labute approximate surface area is 491 Å². The van der Waals surface area contributed by atoms with E-state index in [1.807, 2.05) is 0 Å². The van der Waals surface area contributed by atoms with Gasteiger partial charge in [-0.3, -0.25) is 4.79 Å². The van der Waals surface area contributed by atoms with Crippen molar-refractivity contribution in [3.05, 3.63) is 48.6 Å². The molecule has 8 N–H and O–H groups in total. The Bertz CT molecular complexity index is 1440. The lowest BCUT2D eigenvalue weighted by Crippen LogP contribution is -2.60. The number of nitrogens with one attached hydrogen (secondary N) is 1. The van der Waals surface area contributed by atoms with E-state index in [2.05, 4.69) is 67.8 Å². The molecule has 0 radical (unpaired) electrons. The van der Waals surface area contributed by atoms with E-state index in [1.54, 1.807) is 0 Å². The lowest BCUT2D eigenvalue weighted by molar-refractivity contribution is -0.303. The number of aliphatic hydroxyl groups excluding tert-OH is 7. The van der Waals surface area contributed by atoms with E-state index in [4.69, 9.17) is 9.47 Å². The fraction of sp³-hybridized carbons (Fsp3) is 0.870. The maximum Gasteiger partial charge on any atom is 0.249 e. The highest BCUT2D eigenvalue weighted by atomic mass is 16.7. The van der Waals surface area contributed by atoms with Crippen molar-refractivity contribution in [3.8, 4) is 0 Å². The van der Waals surface area contributed by atoms with Crippen molar-refractivity contribution in [2.45, 2.75) is 371 Å². The number of carbonyl (C=O) groups is 1. The van der Waals surface area contributed by atoms with E-state index >= 15 is 0 Å². The highest BCUT2D eigenvalue weighted by molar-refractivity contribution is 5.80. The van der Waals surface area contributed by atoms with Crippen LogP contribution in [-0.2, 0) is 14.3 Å². The molecule has 470 valence electrons. The molecular weight excluding hydrogens is 1000 g/mol. The minimum Gasteiger partial charge on any atom is -0.394 e. The highest BCUT2D eigenvalue weighted by Crippen LogP contribution is 2.24. The minimum absolute atomic E-state index is 0.241. The van der Waals surface area contributed by atoms with Crippen LogP contribution in [0.1, 0.15) is 316 Å². The zero-order valence-electron chi connectivity index (χ0n) is 51.8. The van der Waals surface area contributed by atoms with Gasteiger partial charge in [0.2, 0.25) is 5.91 Å². The summed E-state index contributed by atoms with van der Waals surface area (Å²) in [4.78, 5) is 13.2. The molecule has 1 fully saturated rings. The van der Waals surface area contributed by atoms with Gasteiger partial charge in [0.15, 0.2) is 6.29 Å². The van der Waals surface area contributed by atoms with Gasteiger partial charge >= 0.3 is 0 Å². The number of hydrogen-bond donors (Lipinski definition) is 8. The predicted molar refractivity (Wildman–Crippen MR) is 335 cm³/mol. The van der Waals surface area contributed by atoms with Crippen molar-refractivity contribution in [2.24, 2.45) is 0 Å². The van der Waals surface area contributed by atoms with E-state index in [9.17, 15) is 40.5 Å². The van der Waals surface area contributed by atoms with Crippen molar-refractivity contribution < 1.29 is 50.0 Å². The van der Waals surface area contributed by atoms with Crippen LogP contribution in [0.25, 0.3) is 0 Å². The van der Waals surface area contributed by atoms with Crippen LogP contribution in [0.15, 0.2) is 48.6 Å². The molecule has 1 saturated heterocycles. The third kappa shape index (κ3) is 44.6. The normalized spacial score (nSPS) is 19.5. The Morgan fingerprint density at radius 1 is 0.425 bits per heavy atom. The summed E-state index contributed by atoms with van der Waals surface area (Å²) in [6, 6.07) is -1.20. The smallest absolute Gasteiger partial charge is 0.249 e. The molecule has 0 spiro atoms. The first kappa shape index (κ1) is 76.1. The molecule has 9 unspecified atom stereocenters. The Balaban J connectivity index is 2.13. The first-order valence-electron chi connectivity index (χ1n) is 34.0. The standard InChI is InChI=1S/C69H129NO10/c1-3-5-7-9-11-13-15-17-19-20-21-22-23-24-25-26-27-28-29-30-31-32-33-34-35-36-37-38-39-40-41-43-45-47-49-51-53-55-57-62(73)68(78)70-60(59-79-69-67(77)66(76)65(75)63(58-71)80-69)64(74)61(72)56-54-52-50-48-46-44-42-18-16-14-12-10-8-6-4-2/h10,12,18,30-31,42,48,50,60-67,69,71-77H,3-9,11,13-17,19-29,32-41,43-47,49,51-59H2,1-2H3,(H,70,78)/b12-10+,31-30-,42-18+,50-48+. The number of ether oxygens (including phenoxy) is 2. The van der Waals surface area contributed by atoms with E-state index in [-0.39, 0.29) is 12.8 Å². The van der Waals surface area contributed by atoms with Gasteiger partial charge in [0.05, 0.1) is 25.4 Å². The number of aliphatic hydroxyl groups is 7. The SMILES string of the molecule is CCCC/C=C/CC/C=C/CC/C=C/CCCC(O)C(O)C(COC1OC(CO)C(O)C(O)C1O)NC(=O)C(O)CCCCCCCCCCCCCCCCCC/C=C\CCCCCCCCCCCCCCCCCCCC. The summed E-state index contributed by atoms with van der Waals surface area (Å²) in [5.41, 5.74) is 0. The second-order valence-corrected chi connectivity index (χ2v) is 23.9. The number of unbranched alkanes of at least 4 members (excludes halogenated alkanes) is 39. The Hall–Kier alpha value is -1.93. The number of amides is 1. The number of allylic oxidation sites excluding steroid dienone is 8. The van der Waals surface area contributed by atoms with Crippen molar-refractivity contribution in [3.63, 3.8) is 0 Å². The summed E-state index contributed by atoms with van der Waals surface area (Å²) in [5.74, 6) is -0.710. The molecule has 0 aliphatic carbocycles. The van der Waals surface area contributed by atoms with Crippen LogP contribution in [0, 0.1) is 0 Å². The molecule has 0 aromatic carbocycles. The molecule has 11 heteroatoms. The lowest BCUT2D eigenvalue weighted by Gasteiger charge is -2.40. The van der Waals surface area contributed by atoms with Crippen LogP contribution in [-0.4, -0.2) is 110 Å². The number of hydrogen-bond acceptors (Lipinski definition) is 10. The first-order valence-corrected chi connectivity index (χ1v) is 34.0. The molecule has 80 heavy (non-hydrogen) atoms. The summed E-state index contributed by atoms with van der Waals surface area (Å²) in [6.07, 6.45) is 63.6. The van der Waals surface area contributed by atoms with Gasteiger partial charge in [0.1, 0.15) is 36.6 Å². The molecular formula is C69H129NO10. The second-order valence-electron chi connectivity index (χ2n) is 23.9. The van der Waals surface area contributed by atoms with Gasteiger partial charge in [-0.1, -0.05) is 281 Å². The second kappa shape index (κ2) is 57.5. The molecule has 11 nitrogen and oxygen atoms in total. The molecule has 9 atom stereocenters. The fourth-order valence-electron chi connectivity index (χ4n) is 10.8. The van der Waals surface area contributed by atoms with Gasteiger partial charge in [-0.25, -0.2) is 0 Å². The minimum atomic E-state index is -1.67.